The van der Waals surface area contributed by atoms with Crippen molar-refractivity contribution in [1.82, 2.24) is 15.0 Å². The number of benzene rings is 1. The molecule has 0 atom stereocenters. The molecule has 1 heterocycles. The summed E-state index contributed by atoms with van der Waals surface area (Å²) in [7, 11) is 0. The number of hydrogen-bond acceptors (Lipinski definition) is 4. The lowest BCUT2D eigenvalue weighted by molar-refractivity contribution is 0.271. The van der Waals surface area contributed by atoms with Gasteiger partial charge in [-0.2, -0.15) is 0 Å². The molecule has 0 aliphatic rings. The summed E-state index contributed by atoms with van der Waals surface area (Å²) in [6.45, 7) is 7.03. The maximum atomic E-state index is 9.41. The number of hydrogen-bond donors (Lipinski definition) is 1. The van der Waals surface area contributed by atoms with Crippen LogP contribution < -0.4 is 4.74 Å². The zero-order valence-electron chi connectivity index (χ0n) is 13.6. The van der Waals surface area contributed by atoms with Crippen LogP contribution in [0.25, 0.3) is 5.69 Å². The summed E-state index contributed by atoms with van der Waals surface area (Å²) in [4.78, 5) is 0. The maximum Gasteiger partial charge on any atom is 0.119 e. The Balaban J connectivity index is 2.18. The molecule has 2 rings (SSSR count). The predicted molar refractivity (Wildman–Crippen MR) is 86.2 cm³/mol. The third-order valence-electron chi connectivity index (χ3n) is 3.43. The number of aromatic nitrogens is 3. The van der Waals surface area contributed by atoms with Crippen molar-refractivity contribution in [2.24, 2.45) is 5.92 Å². The average molecular weight is 303 g/mol. The predicted octanol–water partition coefficient (Wildman–Crippen LogP) is 3.14. The van der Waals surface area contributed by atoms with Gasteiger partial charge in [0.1, 0.15) is 11.4 Å². The van der Waals surface area contributed by atoms with Crippen LogP contribution in [0.2, 0.25) is 0 Å². The van der Waals surface area contributed by atoms with E-state index in [1.54, 1.807) is 0 Å². The van der Waals surface area contributed by atoms with Gasteiger partial charge in [-0.05, 0) is 43.0 Å². The second-order valence-corrected chi connectivity index (χ2v) is 5.86. The lowest BCUT2D eigenvalue weighted by Crippen LogP contribution is -2.06. The Bertz CT molecular complexity index is 576. The normalized spacial score (nSPS) is 11.1. The summed E-state index contributed by atoms with van der Waals surface area (Å²) in [5, 5.41) is 17.7. The van der Waals surface area contributed by atoms with Crippen LogP contribution in [0.1, 0.15) is 45.0 Å². The first kappa shape index (κ1) is 16.5. The van der Waals surface area contributed by atoms with Gasteiger partial charge in [0.2, 0.25) is 0 Å². The molecule has 2 aromatic rings. The van der Waals surface area contributed by atoms with Crippen LogP contribution >= 0.6 is 0 Å². The van der Waals surface area contributed by atoms with Gasteiger partial charge in [0, 0.05) is 0 Å². The molecular formula is C17H25N3O2. The van der Waals surface area contributed by atoms with E-state index in [0.717, 1.165) is 36.4 Å². The van der Waals surface area contributed by atoms with Crippen molar-refractivity contribution in [3.05, 3.63) is 35.7 Å². The molecule has 22 heavy (non-hydrogen) atoms. The number of aliphatic hydroxyl groups excluding tert-OH is 1. The molecular weight excluding hydrogens is 278 g/mol. The molecule has 1 N–H and O–H groups in total. The zero-order valence-corrected chi connectivity index (χ0v) is 13.6. The third kappa shape index (κ3) is 4.07. The Morgan fingerprint density at radius 3 is 2.55 bits per heavy atom. The molecule has 0 radical (unpaired) electrons. The van der Waals surface area contributed by atoms with Crippen LogP contribution in [0, 0.1) is 5.92 Å². The minimum atomic E-state index is -0.0748. The van der Waals surface area contributed by atoms with Crippen LogP contribution in [0.5, 0.6) is 5.75 Å². The molecule has 0 spiro atoms. The zero-order chi connectivity index (χ0) is 15.9. The fourth-order valence-electron chi connectivity index (χ4n) is 2.20. The van der Waals surface area contributed by atoms with Gasteiger partial charge in [-0.1, -0.05) is 32.4 Å². The van der Waals surface area contributed by atoms with Crippen LogP contribution in [0.3, 0.4) is 0 Å². The highest BCUT2D eigenvalue weighted by atomic mass is 16.5. The van der Waals surface area contributed by atoms with Crippen molar-refractivity contribution in [3.63, 3.8) is 0 Å². The molecule has 0 amide bonds. The summed E-state index contributed by atoms with van der Waals surface area (Å²) in [6.07, 6.45) is 3.01. The molecule has 0 fully saturated rings. The van der Waals surface area contributed by atoms with Crippen molar-refractivity contribution >= 4 is 0 Å². The standard InChI is InChI=1S/C17H25N3O2/c1-4-5-6-17-16(11-21)18-19-20(17)14-7-9-15(10-8-14)22-12-13(2)3/h7-10,13,21H,4-6,11-12H2,1-3H3. The highest BCUT2D eigenvalue weighted by Crippen LogP contribution is 2.19. The van der Waals surface area contributed by atoms with E-state index < -0.39 is 0 Å². The van der Waals surface area contributed by atoms with Crippen LogP contribution in [0.15, 0.2) is 24.3 Å². The molecule has 120 valence electrons. The van der Waals surface area contributed by atoms with Crippen molar-refractivity contribution in [1.29, 1.82) is 0 Å². The summed E-state index contributed by atoms with van der Waals surface area (Å²) in [6, 6.07) is 7.84. The Labute approximate surface area is 131 Å². The molecule has 0 aliphatic carbocycles. The minimum Gasteiger partial charge on any atom is -0.493 e. The maximum absolute atomic E-state index is 9.41. The summed E-state index contributed by atoms with van der Waals surface area (Å²) < 4.78 is 7.51. The van der Waals surface area contributed by atoms with Crippen molar-refractivity contribution in [3.8, 4) is 11.4 Å². The Morgan fingerprint density at radius 2 is 1.95 bits per heavy atom. The molecule has 0 saturated carbocycles. The molecule has 0 aliphatic heterocycles. The topological polar surface area (TPSA) is 60.2 Å². The first-order chi connectivity index (χ1) is 10.7. The van der Waals surface area contributed by atoms with E-state index in [0.29, 0.717) is 18.2 Å². The molecule has 5 heteroatoms. The van der Waals surface area contributed by atoms with E-state index in [9.17, 15) is 5.11 Å². The Kier molecular flexibility index (Phi) is 5.95. The fraction of sp³-hybridized carbons (Fsp3) is 0.529. The molecule has 1 aromatic carbocycles. The van der Waals surface area contributed by atoms with Crippen molar-refractivity contribution in [2.75, 3.05) is 6.61 Å². The van der Waals surface area contributed by atoms with E-state index in [2.05, 4.69) is 31.1 Å². The average Bonchev–Trinajstić information content (AvgIpc) is 2.94. The SMILES string of the molecule is CCCCc1c(CO)nnn1-c1ccc(OCC(C)C)cc1. The van der Waals surface area contributed by atoms with Gasteiger partial charge in [-0.15, -0.1) is 5.10 Å². The van der Waals surface area contributed by atoms with E-state index >= 15 is 0 Å². The molecule has 0 unspecified atom stereocenters. The second-order valence-electron chi connectivity index (χ2n) is 5.86. The van der Waals surface area contributed by atoms with E-state index in [1.807, 2.05) is 28.9 Å². The summed E-state index contributed by atoms with van der Waals surface area (Å²) in [5.74, 6) is 1.36. The van der Waals surface area contributed by atoms with Gasteiger partial charge in [0.15, 0.2) is 0 Å². The molecule has 1 aromatic heterocycles. The first-order valence-electron chi connectivity index (χ1n) is 7.93. The molecule has 0 bridgehead atoms. The minimum absolute atomic E-state index is 0.0748. The van der Waals surface area contributed by atoms with E-state index in [1.165, 1.54) is 0 Å². The van der Waals surface area contributed by atoms with Crippen molar-refractivity contribution in [2.45, 2.75) is 46.6 Å². The monoisotopic (exact) mass is 303 g/mol. The number of unbranched alkanes of at least 4 members (excludes halogenated alkanes) is 1. The van der Waals surface area contributed by atoms with E-state index in [4.69, 9.17) is 4.74 Å². The van der Waals surface area contributed by atoms with Crippen LogP contribution in [-0.2, 0) is 13.0 Å². The largest absolute Gasteiger partial charge is 0.493 e. The second kappa shape index (κ2) is 7.94. The van der Waals surface area contributed by atoms with Gasteiger partial charge < -0.3 is 9.84 Å². The number of ether oxygens (including phenoxy) is 1. The summed E-state index contributed by atoms with van der Waals surface area (Å²) >= 11 is 0. The van der Waals surface area contributed by atoms with Gasteiger partial charge in [-0.3, -0.25) is 0 Å². The first-order valence-corrected chi connectivity index (χ1v) is 7.93. The van der Waals surface area contributed by atoms with Crippen molar-refractivity contribution < 1.29 is 9.84 Å². The summed E-state index contributed by atoms with van der Waals surface area (Å²) in [5.41, 5.74) is 2.59. The fourth-order valence-corrected chi connectivity index (χ4v) is 2.20. The highest BCUT2D eigenvalue weighted by Gasteiger charge is 2.13. The number of nitrogens with zero attached hydrogens (tertiary/aromatic N) is 3. The lowest BCUT2D eigenvalue weighted by Gasteiger charge is -2.10. The number of aliphatic hydroxyl groups is 1. The van der Waals surface area contributed by atoms with Crippen LogP contribution in [0.4, 0.5) is 0 Å². The smallest absolute Gasteiger partial charge is 0.119 e. The van der Waals surface area contributed by atoms with Gasteiger partial charge in [0.25, 0.3) is 0 Å². The van der Waals surface area contributed by atoms with Crippen LogP contribution in [-0.4, -0.2) is 26.7 Å². The van der Waals surface area contributed by atoms with E-state index in [-0.39, 0.29) is 6.61 Å². The third-order valence-corrected chi connectivity index (χ3v) is 3.43. The molecule has 5 nitrogen and oxygen atoms in total. The van der Waals surface area contributed by atoms with Gasteiger partial charge in [-0.25, -0.2) is 4.68 Å². The van der Waals surface area contributed by atoms with Gasteiger partial charge >= 0.3 is 0 Å². The quantitative estimate of drug-likeness (QED) is 0.814. The van der Waals surface area contributed by atoms with Gasteiger partial charge in [0.05, 0.1) is 24.6 Å². The molecule has 0 saturated heterocycles. The lowest BCUT2D eigenvalue weighted by atomic mass is 10.1. The highest BCUT2D eigenvalue weighted by molar-refractivity contribution is 5.38. The number of rotatable bonds is 8. The Hall–Kier alpha value is -1.88. The Morgan fingerprint density at radius 1 is 1.23 bits per heavy atom.